The molecule has 1 aromatic carbocycles. The number of benzene rings is 1. The van der Waals surface area contributed by atoms with E-state index in [0.29, 0.717) is 19.4 Å². The first-order valence-corrected chi connectivity index (χ1v) is 9.44. The van der Waals surface area contributed by atoms with Crippen LogP contribution >= 0.6 is 0 Å². The number of β-amino-alcohol motifs (C(OH)–C–C–N with tert-alkyl or cyclic N) is 1. The Morgan fingerprint density at radius 2 is 1.96 bits per heavy atom. The van der Waals surface area contributed by atoms with E-state index in [2.05, 4.69) is 39.0 Å². The summed E-state index contributed by atoms with van der Waals surface area (Å²) in [6.45, 7) is 7.61. The molecule has 3 heteroatoms. The Hall–Kier alpha value is -1.35. The summed E-state index contributed by atoms with van der Waals surface area (Å²) in [5, 5.41) is 11.4. The molecule has 2 fully saturated rings. The largest absolute Gasteiger partial charge is 0.387 e. The van der Waals surface area contributed by atoms with Crippen LogP contribution in [0.15, 0.2) is 24.3 Å². The number of aryl methyl sites for hydroxylation is 1. The summed E-state index contributed by atoms with van der Waals surface area (Å²) >= 11 is 0. The molecule has 2 aliphatic rings. The van der Waals surface area contributed by atoms with Gasteiger partial charge in [0.1, 0.15) is 0 Å². The number of hydrogen-bond acceptors (Lipinski definition) is 2. The number of aliphatic hydroxyl groups is 1. The number of nitrogens with zero attached hydrogens (tertiary/aromatic N) is 1. The first kappa shape index (κ1) is 17.5. The van der Waals surface area contributed by atoms with Crippen molar-refractivity contribution in [3.8, 4) is 0 Å². The highest BCUT2D eigenvalue weighted by Crippen LogP contribution is 2.48. The van der Waals surface area contributed by atoms with Crippen LogP contribution in [0.3, 0.4) is 0 Å². The monoisotopic (exact) mass is 329 g/mol. The van der Waals surface area contributed by atoms with Gasteiger partial charge in [-0.25, -0.2) is 0 Å². The Kier molecular flexibility index (Phi) is 4.74. The van der Waals surface area contributed by atoms with Gasteiger partial charge in [0.25, 0.3) is 0 Å². The number of carbonyl (C=O) groups excluding carboxylic acids is 1. The van der Waals surface area contributed by atoms with Crippen LogP contribution in [0.1, 0.15) is 69.4 Å². The van der Waals surface area contributed by atoms with Crippen molar-refractivity contribution < 1.29 is 9.90 Å². The van der Waals surface area contributed by atoms with Gasteiger partial charge in [0.15, 0.2) is 0 Å². The molecule has 24 heavy (non-hydrogen) atoms. The molecule has 1 heterocycles. The van der Waals surface area contributed by atoms with E-state index >= 15 is 0 Å². The first-order chi connectivity index (χ1) is 11.4. The normalized spacial score (nSPS) is 25.9. The lowest BCUT2D eigenvalue weighted by molar-refractivity contribution is -0.137. The van der Waals surface area contributed by atoms with Crippen LogP contribution in [-0.2, 0) is 4.79 Å². The number of likely N-dealkylation sites (tertiary alicyclic amines) is 1. The van der Waals surface area contributed by atoms with E-state index in [1.54, 1.807) is 0 Å². The van der Waals surface area contributed by atoms with Gasteiger partial charge in [0, 0.05) is 25.4 Å². The minimum absolute atomic E-state index is 0.0528. The third kappa shape index (κ3) is 2.99. The highest BCUT2D eigenvalue weighted by molar-refractivity contribution is 5.80. The van der Waals surface area contributed by atoms with Crippen LogP contribution in [0.5, 0.6) is 0 Å². The maximum absolute atomic E-state index is 12.6. The maximum atomic E-state index is 12.6. The van der Waals surface area contributed by atoms with Crippen LogP contribution in [0.4, 0.5) is 0 Å². The van der Waals surface area contributed by atoms with Crippen molar-refractivity contribution >= 4 is 5.91 Å². The quantitative estimate of drug-likeness (QED) is 0.886. The van der Waals surface area contributed by atoms with Crippen molar-refractivity contribution in [2.24, 2.45) is 5.41 Å². The summed E-state index contributed by atoms with van der Waals surface area (Å²) in [4.78, 5) is 14.5. The van der Waals surface area contributed by atoms with E-state index in [1.807, 2.05) is 11.0 Å². The molecular weight excluding hydrogens is 298 g/mol. The van der Waals surface area contributed by atoms with Gasteiger partial charge in [-0.1, -0.05) is 51.0 Å². The van der Waals surface area contributed by atoms with Crippen molar-refractivity contribution in [2.45, 2.75) is 70.8 Å². The van der Waals surface area contributed by atoms with Gasteiger partial charge in [-0.2, -0.15) is 0 Å². The summed E-state index contributed by atoms with van der Waals surface area (Å²) in [5.74, 6) is 0.452. The zero-order chi connectivity index (χ0) is 17.4. The Labute approximate surface area is 146 Å². The minimum Gasteiger partial charge on any atom is -0.387 e. The third-order valence-electron chi connectivity index (χ3n) is 6.71. The molecule has 0 aromatic heterocycles. The summed E-state index contributed by atoms with van der Waals surface area (Å²) in [6, 6.07) is 8.35. The number of carbonyl (C=O) groups is 1. The predicted octanol–water partition coefficient (Wildman–Crippen LogP) is 4.03. The van der Waals surface area contributed by atoms with Crippen molar-refractivity contribution in [2.75, 3.05) is 13.1 Å². The predicted molar refractivity (Wildman–Crippen MR) is 96.9 cm³/mol. The highest BCUT2D eigenvalue weighted by atomic mass is 16.3. The van der Waals surface area contributed by atoms with Crippen molar-refractivity contribution in [1.82, 2.24) is 4.90 Å². The molecule has 1 aliphatic carbocycles. The van der Waals surface area contributed by atoms with E-state index in [-0.39, 0.29) is 17.2 Å². The molecule has 0 spiro atoms. The fraction of sp³-hybridized carbons (Fsp3) is 0.667. The van der Waals surface area contributed by atoms with Crippen LogP contribution < -0.4 is 0 Å². The fourth-order valence-electron chi connectivity index (χ4n) is 4.84. The van der Waals surface area contributed by atoms with Gasteiger partial charge in [-0.05, 0) is 42.7 Å². The lowest BCUT2D eigenvalue weighted by Crippen LogP contribution is -2.53. The summed E-state index contributed by atoms with van der Waals surface area (Å²) in [6.07, 6.45) is 5.81. The van der Waals surface area contributed by atoms with Crippen molar-refractivity contribution in [3.63, 3.8) is 0 Å². The maximum Gasteiger partial charge on any atom is 0.223 e. The van der Waals surface area contributed by atoms with Crippen molar-refractivity contribution in [1.29, 1.82) is 0 Å². The smallest absolute Gasteiger partial charge is 0.223 e. The fourth-order valence-corrected chi connectivity index (χ4v) is 4.84. The van der Waals surface area contributed by atoms with E-state index in [9.17, 15) is 9.90 Å². The second-order valence-corrected chi connectivity index (χ2v) is 8.18. The topological polar surface area (TPSA) is 40.5 Å². The van der Waals surface area contributed by atoms with Gasteiger partial charge in [-0.3, -0.25) is 4.79 Å². The molecule has 132 valence electrons. The molecule has 1 N–H and O–H groups in total. The van der Waals surface area contributed by atoms with E-state index in [0.717, 1.165) is 19.4 Å². The lowest BCUT2D eigenvalue weighted by Gasteiger charge is -2.44. The molecule has 3 nitrogen and oxygen atoms in total. The Balaban J connectivity index is 1.76. The standard InChI is InChI=1S/C21H31NO2/c1-4-21(24,20(3)11-7-8-12-20)15-22-14-17(13-19(22)23)18-10-6-5-9-16(18)2/h5-6,9-10,17,24H,4,7-8,11-15H2,1-3H3/t17-,21+/m0/s1. The van der Waals surface area contributed by atoms with Gasteiger partial charge in [0.2, 0.25) is 5.91 Å². The van der Waals surface area contributed by atoms with Gasteiger partial charge < -0.3 is 10.0 Å². The molecule has 1 amide bonds. The number of hydrogen-bond donors (Lipinski definition) is 1. The zero-order valence-electron chi connectivity index (χ0n) is 15.3. The molecule has 0 radical (unpaired) electrons. The van der Waals surface area contributed by atoms with Crippen LogP contribution in [0, 0.1) is 12.3 Å². The van der Waals surface area contributed by atoms with Gasteiger partial charge in [0.05, 0.1) is 5.60 Å². The molecule has 1 aliphatic heterocycles. The van der Waals surface area contributed by atoms with E-state index in [4.69, 9.17) is 0 Å². The third-order valence-corrected chi connectivity index (χ3v) is 6.71. The Morgan fingerprint density at radius 3 is 2.58 bits per heavy atom. The SMILES string of the molecule is CC[C@@](O)(CN1C[C@@H](c2ccccc2C)CC1=O)C1(C)CCCC1. The van der Waals surface area contributed by atoms with Gasteiger partial charge in [-0.15, -0.1) is 0 Å². The molecule has 0 bridgehead atoms. The molecular formula is C21H31NO2. The average molecular weight is 329 g/mol. The molecule has 2 atom stereocenters. The summed E-state index contributed by atoms with van der Waals surface area (Å²) < 4.78 is 0. The lowest BCUT2D eigenvalue weighted by atomic mass is 9.70. The summed E-state index contributed by atoms with van der Waals surface area (Å²) in [5.41, 5.74) is 1.72. The Morgan fingerprint density at radius 1 is 1.29 bits per heavy atom. The number of rotatable bonds is 5. The zero-order valence-corrected chi connectivity index (χ0v) is 15.3. The molecule has 1 aromatic rings. The van der Waals surface area contributed by atoms with E-state index in [1.165, 1.54) is 24.0 Å². The second kappa shape index (κ2) is 6.51. The number of amides is 1. The summed E-state index contributed by atoms with van der Waals surface area (Å²) in [7, 11) is 0. The van der Waals surface area contributed by atoms with E-state index < -0.39 is 5.60 Å². The van der Waals surface area contributed by atoms with Gasteiger partial charge >= 0.3 is 0 Å². The Bertz CT molecular complexity index is 606. The molecule has 1 saturated carbocycles. The first-order valence-electron chi connectivity index (χ1n) is 9.44. The highest BCUT2D eigenvalue weighted by Gasteiger charge is 2.49. The average Bonchev–Trinajstić information content (AvgIpc) is 3.15. The van der Waals surface area contributed by atoms with Crippen LogP contribution in [0.2, 0.25) is 0 Å². The molecule has 3 rings (SSSR count). The van der Waals surface area contributed by atoms with Crippen LogP contribution in [-0.4, -0.2) is 34.6 Å². The second-order valence-electron chi connectivity index (χ2n) is 8.18. The molecule has 1 saturated heterocycles. The molecule has 0 unspecified atom stereocenters. The van der Waals surface area contributed by atoms with Crippen LogP contribution in [0.25, 0.3) is 0 Å². The van der Waals surface area contributed by atoms with Crippen molar-refractivity contribution in [3.05, 3.63) is 35.4 Å². The minimum atomic E-state index is -0.764.